The molecule has 1 aliphatic carbocycles. The van der Waals surface area contributed by atoms with Crippen LogP contribution in [0.25, 0.3) is 22.0 Å². The Balaban J connectivity index is 1.60. The largest absolute Gasteiger partial charge is 0.491 e. The van der Waals surface area contributed by atoms with Gasteiger partial charge in [-0.3, -0.25) is 0 Å². The van der Waals surface area contributed by atoms with Gasteiger partial charge in [-0.1, -0.05) is 18.2 Å². The molecule has 7 nitrogen and oxygen atoms in total. The van der Waals surface area contributed by atoms with Crippen LogP contribution in [0.5, 0.6) is 5.75 Å². The van der Waals surface area contributed by atoms with Gasteiger partial charge >= 0.3 is 0 Å². The molecule has 32 heavy (non-hydrogen) atoms. The maximum absolute atomic E-state index is 12.1. The van der Waals surface area contributed by atoms with Gasteiger partial charge in [0.1, 0.15) is 10.8 Å². The zero-order valence-electron chi connectivity index (χ0n) is 18.3. The Bertz CT molecular complexity index is 1220. The fourth-order valence-electron chi connectivity index (χ4n) is 4.00. The minimum atomic E-state index is -3.52. The highest BCUT2D eigenvalue weighted by Crippen LogP contribution is 2.38. The Morgan fingerprint density at radius 3 is 2.81 bits per heavy atom. The first kappa shape index (κ1) is 22.8. The Hall–Kier alpha value is -2.33. The van der Waals surface area contributed by atoms with Gasteiger partial charge in [0.2, 0.25) is 10.0 Å². The van der Waals surface area contributed by atoms with E-state index < -0.39 is 16.6 Å². The van der Waals surface area contributed by atoms with Crippen LogP contribution in [0, 0.1) is 6.92 Å². The van der Waals surface area contributed by atoms with E-state index in [0.29, 0.717) is 12.2 Å². The number of nitrogens with zero attached hydrogens (tertiary/aromatic N) is 2. The fourth-order valence-corrected chi connectivity index (χ4v) is 5.71. The highest BCUT2D eigenvalue weighted by molar-refractivity contribution is 7.89. The Labute approximate surface area is 192 Å². The van der Waals surface area contributed by atoms with Gasteiger partial charge in [0.05, 0.1) is 18.5 Å². The van der Waals surface area contributed by atoms with E-state index in [1.807, 2.05) is 51.1 Å². The van der Waals surface area contributed by atoms with Crippen LogP contribution in [-0.4, -0.2) is 41.3 Å². The number of hydrogen-bond acceptors (Lipinski definition) is 7. The molecule has 0 bridgehead atoms. The minimum Gasteiger partial charge on any atom is -0.491 e. The summed E-state index contributed by atoms with van der Waals surface area (Å²) in [5.41, 5.74) is 5.00. The summed E-state index contributed by atoms with van der Waals surface area (Å²) in [5, 5.41) is 9.82. The molecule has 3 aromatic rings. The lowest BCUT2D eigenvalue weighted by Gasteiger charge is -2.14. The lowest BCUT2D eigenvalue weighted by atomic mass is 10.0. The number of hydrogen-bond donors (Lipinski definition) is 2. The van der Waals surface area contributed by atoms with Gasteiger partial charge in [-0.05, 0) is 80.0 Å². The standard InChI is InChI=1S/C23H27N3O4S2/c1-14(2)30-21-10-7-16(13-15(21)3)23-24-22(25-31-23)19-6-4-5-18-17(19)8-9-20(18)26-32(28,29)12-11-27/h4-7,10,13-14,20,26-27H,8-9,11-12H2,1-3H3/t20-/m0/s1. The number of aromatic nitrogens is 2. The molecule has 0 spiro atoms. The molecule has 0 fully saturated rings. The molecule has 2 N–H and O–H groups in total. The average molecular weight is 474 g/mol. The second-order valence-corrected chi connectivity index (χ2v) is 10.8. The lowest BCUT2D eigenvalue weighted by Crippen LogP contribution is -2.30. The summed E-state index contributed by atoms with van der Waals surface area (Å²) in [6.07, 6.45) is 1.53. The Morgan fingerprint density at radius 1 is 1.28 bits per heavy atom. The van der Waals surface area contributed by atoms with E-state index in [2.05, 4.69) is 15.2 Å². The van der Waals surface area contributed by atoms with Crippen molar-refractivity contribution in [2.24, 2.45) is 0 Å². The summed E-state index contributed by atoms with van der Waals surface area (Å²) >= 11 is 1.35. The van der Waals surface area contributed by atoms with Crippen molar-refractivity contribution >= 4 is 21.6 Å². The van der Waals surface area contributed by atoms with Gasteiger partial charge in [-0.2, -0.15) is 4.37 Å². The number of ether oxygens (including phenoxy) is 1. The smallest absolute Gasteiger partial charge is 0.214 e. The van der Waals surface area contributed by atoms with E-state index in [4.69, 9.17) is 14.8 Å². The van der Waals surface area contributed by atoms with Crippen LogP contribution in [0.4, 0.5) is 0 Å². The highest BCUT2D eigenvalue weighted by atomic mass is 32.2. The average Bonchev–Trinajstić information content (AvgIpc) is 3.37. The molecule has 1 heterocycles. The zero-order chi connectivity index (χ0) is 22.9. The van der Waals surface area contributed by atoms with Crippen molar-refractivity contribution in [1.82, 2.24) is 14.1 Å². The summed E-state index contributed by atoms with van der Waals surface area (Å²) in [4.78, 5) is 4.78. The van der Waals surface area contributed by atoms with Crippen molar-refractivity contribution in [3.8, 4) is 27.7 Å². The van der Waals surface area contributed by atoms with Crippen LogP contribution in [0.2, 0.25) is 0 Å². The van der Waals surface area contributed by atoms with Crippen molar-refractivity contribution in [1.29, 1.82) is 0 Å². The van der Waals surface area contributed by atoms with Crippen molar-refractivity contribution in [3.63, 3.8) is 0 Å². The molecular weight excluding hydrogens is 446 g/mol. The number of rotatable bonds is 8. The molecule has 9 heteroatoms. The Kier molecular flexibility index (Phi) is 6.62. The first-order valence-electron chi connectivity index (χ1n) is 10.6. The molecule has 4 rings (SSSR count). The number of nitrogens with one attached hydrogen (secondary N) is 1. The number of benzene rings is 2. The third-order valence-electron chi connectivity index (χ3n) is 5.40. The van der Waals surface area contributed by atoms with Gasteiger partial charge in [0.15, 0.2) is 5.82 Å². The molecule has 0 aliphatic heterocycles. The monoisotopic (exact) mass is 473 g/mol. The van der Waals surface area contributed by atoms with Crippen LogP contribution < -0.4 is 9.46 Å². The van der Waals surface area contributed by atoms with Gasteiger partial charge in [-0.25, -0.2) is 18.1 Å². The molecule has 0 saturated heterocycles. The quantitative estimate of drug-likeness (QED) is 0.515. The molecule has 170 valence electrons. The SMILES string of the molecule is Cc1cc(-c2nc(-c3cccc4c3CC[C@@H]4NS(=O)(=O)CCO)ns2)ccc1OC(C)C. The molecule has 0 unspecified atom stereocenters. The van der Waals surface area contributed by atoms with Gasteiger partial charge in [0, 0.05) is 17.2 Å². The molecule has 1 atom stereocenters. The van der Waals surface area contributed by atoms with Gasteiger partial charge < -0.3 is 9.84 Å². The predicted molar refractivity (Wildman–Crippen MR) is 126 cm³/mol. The van der Waals surface area contributed by atoms with Gasteiger partial charge in [0.25, 0.3) is 0 Å². The molecule has 0 amide bonds. The summed E-state index contributed by atoms with van der Waals surface area (Å²) in [7, 11) is -3.52. The van der Waals surface area contributed by atoms with E-state index in [1.54, 1.807) is 0 Å². The second kappa shape index (κ2) is 9.27. The Morgan fingerprint density at radius 2 is 2.09 bits per heavy atom. The van der Waals surface area contributed by atoms with Crippen molar-refractivity contribution < 1.29 is 18.3 Å². The van der Waals surface area contributed by atoms with Crippen molar-refractivity contribution in [2.75, 3.05) is 12.4 Å². The molecule has 0 radical (unpaired) electrons. The van der Waals surface area contributed by atoms with E-state index in [9.17, 15) is 8.42 Å². The fraction of sp³-hybridized carbons (Fsp3) is 0.391. The highest BCUT2D eigenvalue weighted by Gasteiger charge is 2.29. The molecule has 2 aromatic carbocycles. The van der Waals surface area contributed by atoms with Crippen LogP contribution >= 0.6 is 11.5 Å². The van der Waals surface area contributed by atoms with E-state index >= 15 is 0 Å². The first-order chi connectivity index (χ1) is 15.3. The summed E-state index contributed by atoms with van der Waals surface area (Å²) < 4.78 is 37.4. The topological polar surface area (TPSA) is 101 Å². The third kappa shape index (κ3) is 4.85. The van der Waals surface area contributed by atoms with Crippen molar-refractivity contribution in [3.05, 3.63) is 53.1 Å². The van der Waals surface area contributed by atoms with E-state index in [0.717, 1.165) is 45.0 Å². The predicted octanol–water partition coefficient (Wildman–Crippen LogP) is 3.87. The summed E-state index contributed by atoms with van der Waals surface area (Å²) in [6, 6.07) is 11.6. The number of aliphatic hydroxyl groups is 1. The van der Waals surface area contributed by atoms with Crippen LogP contribution in [0.15, 0.2) is 36.4 Å². The van der Waals surface area contributed by atoms with Crippen LogP contribution in [0.3, 0.4) is 0 Å². The maximum atomic E-state index is 12.1. The minimum absolute atomic E-state index is 0.116. The number of fused-ring (bicyclic) bond motifs is 1. The number of aryl methyl sites for hydroxylation is 1. The molecular formula is C23H27N3O4S2. The summed E-state index contributed by atoms with van der Waals surface area (Å²) in [5.74, 6) is 1.22. The molecule has 1 aromatic heterocycles. The normalized spacial score (nSPS) is 15.8. The summed E-state index contributed by atoms with van der Waals surface area (Å²) in [6.45, 7) is 5.63. The van der Waals surface area contributed by atoms with E-state index in [1.165, 1.54) is 11.5 Å². The number of sulfonamides is 1. The second-order valence-electron chi connectivity index (χ2n) is 8.19. The zero-order valence-corrected chi connectivity index (χ0v) is 20.0. The van der Waals surface area contributed by atoms with Crippen LogP contribution in [-0.2, 0) is 16.4 Å². The maximum Gasteiger partial charge on any atom is 0.214 e. The molecule has 1 aliphatic rings. The van der Waals surface area contributed by atoms with Gasteiger partial charge in [-0.15, -0.1) is 0 Å². The van der Waals surface area contributed by atoms with E-state index in [-0.39, 0.29) is 17.9 Å². The first-order valence-corrected chi connectivity index (χ1v) is 13.0. The number of aliphatic hydroxyl groups excluding tert-OH is 1. The van der Waals surface area contributed by atoms with Crippen molar-refractivity contribution in [2.45, 2.75) is 45.8 Å². The third-order valence-corrected chi connectivity index (χ3v) is 7.53. The lowest BCUT2D eigenvalue weighted by molar-refractivity contribution is 0.241. The van der Waals surface area contributed by atoms with Crippen LogP contribution in [0.1, 0.15) is 43.0 Å². The molecule has 0 saturated carbocycles.